The summed E-state index contributed by atoms with van der Waals surface area (Å²) in [6.07, 6.45) is -2.23. The first-order valence-corrected chi connectivity index (χ1v) is 4.98. The van der Waals surface area contributed by atoms with Crippen LogP contribution in [0, 0.1) is 0 Å². The Kier molecular flexibility index (Phi) is 2.54. The first-order valence-electron chi connectivity index (χ1n) is 4.60. The number of anilines is 1. The Balaban J connectivity index is 2.21. The molecule has 0 spiro atoms. The van der Waals surface area contributed by atoms with Gasteiger partial charge in [-0.05, 0) is 31.0 Å². The van der Waals surface area contributed by atoms with Gasteiger partial charge in [0.05, 0.1) is 16.3 Å². The van der Waals surface area contributed by atoms with Gasteiger partial charge in [0.15, 0.2) is 0 Å². The quantitative estimate of drug-likeness (QED) is 0.819. The van der Waals surface area contributed by atoms with Gasteiger partial charge in [0.2, 0.25) is 0 Å². The molecule has 0 radical (unpaired) electrons. The van der Waals surface area contributed by atoms with E-state index in [4.69, 9.17) is 11.6 Å². The van der Waals surface area contributed by atoms with Crippen LogP contribution in [-0.4, -0.2) is 6.04 Å². The second-order valence-electron chi connectivity index (χ2n) is 3.61. The van der Waals surface area contributed by atoms with Crippen LogP contribution in [0.15, 0.2) is 18.2 Å². The molecule has 5 heteroatoms. The average molecular weight is 236 g/mol. The summed E-state index contributed by atoms with van der Waals surface area (Å²) in [5.74, 6) is 0. The molecule has 0 unspecified atom stereocenters. The van der Waals surface area contributed by atoms with Crippen molar-refractivity contribution in [2.45, 2.75) is 25.1 Å². The van der Waals surface area contributed by atoms with Gasteiger partial charge in [-0.3, -0.25) is 0 Å². The van der Waals surface area contributed by atoms with Gasteiger partial charge in [0.25, 0.3) is 0 Å². The number of alkyl halides is 3. The predicted octanol–water partition coefficient (Wildman–Crippen LogP) is 3.93. The van der Waals surface area contributed by atoms with E-state index in [2.05, 4.69) is 5.32 Å². The molecule has 0 amide bonds. The van der Waals surface area contributed by atoms with Gasteiger partial charge in [0, 0.05) is 6.04 Å². The van der Waals surface area contributed by atoms with Crippen LogP contribution in [0.5, 0.6) is 0 Å². The average Bonchev–Trinajstić information content (AvgIpc) is 2.90. The van der Waals surface area contributed by atoms with E-state index in [1.807, 2.05) is 0 Å². The van der Waals surface area contributed by atoms with Crippen molar-refractivity contribution in [1.82, 2.24) is 0 Å². The topological polar surface area (TPSA) is 12.0 Å². The van der Waals surface area contributed by atoms with Crippen LogP contribution in [-0.2, 0) is 6.18 Å². The van der Waals surface area contributed by atoms with Gasteiger partial charge in [-0.2, -0.15) is 13.2 Å². The summed E-state index contributed by atoms with van der Waals surface area (Å²) in [6, 6.07) is 3.74. The Morgan fingerprint density at radius 3 is 2.40 bits per heavy atom. The fourth-order valence-corrected chi connectivity index (χ4v) is 1.49. The minimum Gasteiger partial charge on any atom is -0.381 e. The third kappa shape index (κ3) is 2.56. The van der Waals surface area contributed by atoms with Crippen LogP contribution in [0.25, 0.3) is 0 Å². The molecule has 0 bridgehead atoms. The fourth-order valence-electron chi connectivity index (χ4n) is 1.26. The molecule has 1 aromatic rings. The maximum absolute atomic E-state index is 12.3. The van der Waals surface area contributed by atoms with Gasteiger partial charge in [-0.25, -0.2) is 0 Å². The number of hydrogen-bond donors (Lipinski definition) is 1. The normalized spacial score (nSPS) is 16.5. The minimum absolute atomic E-state index is 0.122. The monoisotopic (exact) mass is 235 g/mol. The lowest BCUT2D eigenvalue weighted by molar-refractivity contribution is -0.137. The molecule has 0 aliphatic heterocycles. The summed E-state index contributed by atoms with van der Waals surface area (Å²) in [5.41, 5.74) is -0.138. The highest BCUT2D eigenvalue weighted by Crippen LogP contribution is 2.35. The van der Waals surface area contributed by atoms with E-state index >= 15 is 0 Å². The number of rotatable bonds is 2. The highest BCUT2D eigenvalue weighted by molar-refractivity contribution is 6.33. The molecule has 2 rings (SSSR count). The SMILES string of the molecule is FC(F)(F)c1ccc(NC2CC2)c(Cl)c1. The third-order valence-corrected chi connectivity index (χ3v) is 2.55. The molecule has 1 aliphatic carbocycles. The lowest BCUT2D eigenvalue weighted by atomic mass is 10.2. The Morgan fingerprint density at radius 1 is 1.27 bits per heavy atom. The van der Waals surface area contributed by atoms with Gasteiger partial charge in [0.1, 0.15) is 0 Å². The van der Waals surface area contributed by atoms with Gasteiger partial charge >= 0.3 is 6.18 Å². The first-order chi connectivity index (χ1) is 6.97. The molecule has 0 heterocycles. The smallest absolute Gasteiger partial charge is 0.381 e. The molecular formula is C10H9ClF3N. The summed E-state index contributed by atoms with van der Waals surface area (Å²) in [6.45, 7) is 0. The number of nitrogens with one attached hydrogen (secondary N) is 1. The van der Waals surface area contributed by atoms with Crippen molar-refractivity contribution in [3.05, 3.63) is 28.8 Å². The summed E-state index contributed by atoms with van der Waals surface area (Å²) in [7, 11) is 0. The van der Waals surface area contributed by atoms with E-state index in [0.29, 0.717) is 11.7 Å². The third-order valence-electron chi connectivity index (χ3n) is 2.23. The second-order valence-corrected chi connectivity index (χ2v) is 4.02. The van der Waals surface area contributed by atoms with E-state index in [1.54, 1.807) is 0 Å². The van der Waals surface area contributed by atoms with Gasteiger partial charge in [-0.1, -0.05) is 11.6 Å². The Labute approximate surface area is 90.2 Å². The van der Waals surface area contributed by atoms with E-state index in [0.717, 1.165) is 25.0 Å². The zero-order valence-electron chi connectivity index (χ0n) is 7.74. The summed E-state index contributed by atoms with van der Waals surface area (Å²) >= 11 is 5.74. The molecular weight excluding hydrogens is 227 g/mol. The van der Waals surface area contributed by atoms with Crippen molar-refractivity contribution >= 4 is 17.3 Å². The van der Waals surface area contributed by atoms with Crippen molar-refractivity contribution in [2.75, 3.05) is 5.32 Å². The van der Waals surface area contributed by atoms with Crippen LogP contribution in [0.4, 0.5) is 18.9 Å². The van der Waals surface area contributed by atoms with Gasteiger partial charge in [-0.15, -0.1) is 0 Å². The molecule has 1 nitrogen and oxygen atoms in total. The minimum atomic E-state index is -4.33. The molecule has 0 aromatic heterocycles. The van der Waals surface area contributed by atoms with Crippen molar-refractivity contribution in [3.63, 3.8) is 0 Å². The fraction of sp³-hybridized carbons (Fsp3) is 0.400. The van der Waals surface area contributed by atoms with Gasteiger partial charge < -0.3 is 5.32 Å². The van der Waals surface area contributed by atoms with Crippen LogP contribution >= 0.6 is 11.6 Å². The molecule has 1 fully saturated rings. The van der Waals surface area contributed by atoms with E-state index in [1.165, 1.54) is 6.07 Å². The lowest BCUT2D eigenvalue weighted by Gasteiger charge is -2.10. The Hall–Kier alpha value is -0.900. The second kappa shape index (κ2) is 3.59. The molecule has 15 heavy (non-hydrogen) atoms. The van der Waals surface area contributed by atoms with Crippen LogP contribution in [0.3, 0.4) is 0 Å². The molecule has 1 N–H and O–H groups in total. The van der Waals surface area contributed by atoms with Crippen molar-refractivity contribution in [2.24, 2.45) is 0 Å². The highest BCUT2D eigenvalue weighted by Gasteiger charge is 2.31. The lowest BCUT2D eigenvalue weighted by Crippen LogP contribution is -2.06. The van der Waals surface area contributed by atoms with Crippen LogP contribution < -0.4 is 5.32 Å². The molecule has 0 saturated heterocycles. The molecule has 1 saturated carbocycles. The zero-order chi connectivity index (χ0) is 11.1. The Morgan fingerprint density at radius 2 is 1.93 bits per heavy atom. The summed E-state index contributed by atoms with van der Waals surface area (Å²) in [5, 5.41) is 3.19. The molecule has 82 valence electrons. The first kappa shape index (κ1) is 10.6. The maximum Gasteiger partial charge on any atom is 0.416 e. The summed E-state index contributed by atoms with van der Waals surface area (Å²) in [4.78, 5) is 0. The molecule has 0 atom stereocenters. The number of halogens is 4. The predicted molar refractivity (Wildman–Crippen MR) is 53.1 cm³/mol. The van der Waals surface area contributed by atoms with Crippen molar-refractivity contribution < 1.29 is 13.2 Å². The van der Waals surface area contributed by atoms with E-state index in [-0.39, 0.29) is 5.02 Å². The highest BCUT2D eigenvalue weighted by atomic mass is 35.5. The number of hydrogen-bond acceptors (Lipinski definition) is 1. The molecule has 1 aliphatic rings. The largest absolute Gasteiger partial charge is 0.416 e. The van der Waals surface area contributed by atoms with E-state index in [9.17, 15) is 13.2 Å². The van der Waals surface area contributed by atoms with Crippen LogP contribution in [0.1, 0.15) is 18.4 Å². The Bertz CT molecular complexity index is 371. The van der Waals surface area contributed by atoms with Crippen molar-refractivity contribution in [1.29, 1.82) is 0 Å². The van der Waals surface area contributed by atoms with Crippen LogP contribution in [0.2, 0.25) is 5.02 Å². The molecule has 1 aromatic carbocycles. The maximum atomic E-state index is 12.3. The zero-order valence-corrected chi connectivity index (χ0v) is 8.49. The standard InChI is InChI=1S/C10H9ClF3N/c11-8-5-6(10(12,13)14)1-4-9(8)15-7-2-3-7/h1,4-5,7,15H,2-3H2. The summed E-state index contributed by atoms with van der Waals surface area (Å²) < 4.78 is 36.9. The number of benzene rings is 1. The van der Waals surface area contributed by atoms with E-state index < -0.39 is 11.7 Å². The van der Waals surface area contributed by atoms with Crippen molar-refractivity contribution in [3.8, 4) is 0 Å².